The maximum absolute atomic E-state index is 13.5. The van der Waals surface area contributed by atoms with E-state index in [2.05, 4.69) is 10.4 Å². The highest BCUT2D eigenvalue weighted by molar-refractivity contribution is 7.89. The van der Waals surface area contributed by atoms with Gasteiger partial charge in [0.05, 0.1) is 24.5 Å². The number of methoxy groups -OCH3 is 1. The molecule has 2 aromatic rings. The largest absolute Gasteiger partial charge is 0.496 e. The molecule has 8 heteroatoms. The minimum absolute atomic E-state index is 0.321. The van der Waals surface area contributed by atoms with E-state index in [0.717, 1.165) is 5.56 Å². The van der Waals surface area contributed by atoms with Gasteiger partial charge in [-0.3, -0.25) is 4.68 Å². The van der Waals surface area contributed by atoms with Crippen LogP contribution in [0.1, 0.15) is 29.9 Å². The maximum atomic E-state index is 13.5. The number of rotatable bonds is 5. The summed E-state index contributed by atoms with van der Waals surface area (Å²) in [5.41, 5.74) is 2.09. The van der Waals surface area contributed by atoms with Crippen LogP contribution >= 0.6 is 0 Å². The summed E-state index contributed by atoms with van der Waals surface area (Å²) >= 11 is 0. The van der Waals surface area contributed by atoms with E-state index in [9.17, 15) is 8.42 Å². The highest BCUT2D eigenvalue weighted by Crippen LogP contribution is 2.35. The molecule has 0 saturated carbocycles. The van der Waals surface area contributed by atoms with Gasteiger partial charge in [-0.1, -0.05) is 18.2 Å². The summed E-state index contributed by atoms with van der Waals surface area (Å²) in [5.74, 6) is 0.694. The Morgan fingerprint density at radius 1 is 1.31 bits per heavy atom. The molecule has 0 radical (unpaired) electrons. The molecule has 1 aromatic heterocycles. The third-order valence-corrected chi connectivity index (χ3v) is 7.03. The number of hydrogen-bond acceptors (Lipinski definition) is 5. The molecule has 7 nitrogen and oxygen atoms in total. The minimum atomic E-state index is -3.68. The standard InChI is InChI=1S/C18H26N4O3S/c1-5-21-14(3)18(13(2)20-21)26(23,24)22-11-10-19-12-16(22)15-8-6-7-9-17(15)25-4/h6-9,16,19H,5,10-12H2,1-4H3. The van der Waals surface area contributed by atoms with Crippen LogP contribution in [0, 0.1) is 13.8 Å². The van der Waals surface area contributed by atoms with Crippen LogP contribution in [-0.4, -0.2) is 49.2 Å². The van der Waals surface area contributed by atoms with Crippen molar-refractivity contribution in [2.75, 3.05) is 26.7 Å². The first kappa shape index (κ1) is 18.9. The van der Waals surface area contributed by atoms with Gasteiger partial charge in [-0.05, 0) is 26.8 Å². The van der Waals surface area contributed by atoms with E-state index in [-0.39, 0.29) is 6.04 Å². The van der Waals surface area contributed by atoms with Gasteiger partial charge in [0.15, 0.2) is 0 Å². The molecule has 142 valence electrons. The van der Waals surface area contributed by atoms with Crippen LogP contribution in [-0.2, 0) is 16.6 Å². The van der Waals surface area contributed by atoms with Gasteiger partial charge in [0.2, 0.25) is 10.0 Å². The van der Waals surface area contributed by atoms with E-state index in [1.54, 1.807) is 23.0 Å². The first-order chi connectivity index (χ1) is 12.4. The number of nitrogens with zero attached hydrogens (tertiary/aromatic N) is 3. The molecule has 1 atom stereocenters. The van der Waals surface area contributed by atoms with E-state index < -0.39 is 10.0 Å². The van der Waals surface area contributed by atoms with E-state index >= 15 is 0 Å². The molecule has 1 aliphatic rings. The van der Waals surface area contributed by atoms with Gasteiger partial charge in [-0.25, -0.2) is 8.42 Å². The van der Waals surface area contributed by atoms with Crippen molar-refractivity contribution >= 4 is 10.0 Å². The molecular weight excluding hydrogens is 352 g/mol. The lowest BCUT2D eigenvalue weighted by Gasteiger charge is -2.36. The van der Waals surface area contributed by atoms with Crippen molar-refractivity contribution < 1.29 is 13.2 Å². The normalized spacial score (nSPS) is 18.8. The second kappa shape index (κ2) is 7.38. The SMILES string of the molecule is CCn1nc(C)c(S(=O)(=O)N2CCNCC2c2ccccc2OC)c1C. The first-order valence-corrected chi connectivity index (χ1v) is 10.2. The number of ether oxygens (including phenoxy) is 1. The number of piperazine rings is 1. The van der Waals surface area contributed by atoms with Crippen LogP contribution in [0.3, 0.4) is 0 Å². The van der Waals surface area contributed by atoms with E-state index in [4.69, 9.17) is 4.74 Å². The summed E-state index contributed by atoms with van der Waals surface area (Å²) in [6.07, 6.45) is 0. The Morgan fingerprint density at radius 3 is 2.69 bits per heavy atom. The molecular formula is C18H26N4O3S. The summed E-state index contributed by atoms with van der Waals surface area (Å²) in [4.78, 5) is 0.321. The van der Waals surface area contributed by atoms with Crippen molar-refractivity contribution in [2.45, 2.75) is 38.3 Å². The topological polar surface area (TPSA) is 76.5 Å². The third-order valence-electron chi connectivity index (χ3n) is 4.87. The third kappa shape index (κ3) is 3.13. The van der Waals surface area contributed by atoms with Crippen molar-refractivity contribution in [1.82, 2.24) is 19.4 Å². The summed E-state index contributed by atoms with van der Waals surface area (Å²) < 4.78 is 35.9. The van der Waals surface area contributed by atoms with E-state index in [1.165, 1.54) is 0 Å². The lowest BCUT2D eigenvalue weighted by atomic mass is 10.0. The van der Waals surface area contributed by atoms with Crippen molar-refractivity contribution in [2.24, 2.45) is 0 Å². The highest BCUT2D eigenvalue weighted by Gasteiger charge is 2.38. The number of hydrogen-bond donors (Lipinski definition) is 1. The molecule has 1 aliphatic heterocycles. The lowest BCUT2D eigenvalue weighted by molar-refractivity contribution is 0.264. The summed E-state index contributed by atoms with van der Waals surface area (Å²) in [7, 11) is -2.08. The zero-order valence-electron chi connectivity index (χ0n) is 15.7. The van der Waals surface area contributed by atoms with Crippen LogP contribution < -0.4 is 10.1 Å². The predicted octanol–water partition coefficient (Wildman–Crippen LogP) is 1.86. The quantitative estimate of drug-likeness (QED) is 0.859. The van der Waals surface area contributed by atoms with E-state index in [0.29, 0.717) is 48.2 Å². The molecule has 1 aromatic carbocycles. The van der Waals surface area contributed by atoms with Crippen LogP contribution in [0.5, 0.6) is 5.75 Å². The average molecular weight is 378 g/mol. The van der Waals surface area contributed by atoms with E-state index in [1.807, 2.05) is 38.1 Å². The van der Waals surface area contributed by atoms with Crippen LogP contribution in [0.2, 0.25) is 0 Å². The Morgan fingerprint density at radius 2 is 2.04 bits per heavy atom. The van der Waals surface area contributed by atoms with Gasteiger partial charge in [-0.2, -0.15) is 9.40 Å². The average Bonchev–Trinajstić information content (AvgIpc) is 2.95. The molecule has 0 spiro atoms. The zero-order chi connectivity index (χ0) is 18.9. The van der Waals surface area contributed by atoms with Crippen molar-refractivity contribution in [1.29, 1.82) is 0 Å². The van der Waals surface area contributed by atoms with Gasteiger partial charge in [0.1, 0.15) is 10.6 Å². The second-order valence-corrected chi connectivity index (χ2v) is 8.22. The van der Waals surface area contributed by atoms with Gasteiger partial charge in [0, 0.05) is 31.7 Å². The van der Waals surface area contributed by atoms with Gasteiger partial charge in [-0.15, -0.1) is 0 Å². The Kier molecular flexibility index (Phi) is 5.36. The number of aryl methyl sites for hydroxylation is 2. The van der Waals surface area contributed by atoms with Gasteiger partial charge >= 0.3 is 0 Å². The number of para-hydroxylation sites is 1. The Balaban J connectivity index is 2.09. The smallest absolute Gasteiger partial charge is 0.247 e. The molecule has 1 N–H and O–H groups in total. The summed E-state index contributed by atoms with van der Waals surface area (Å²) in [6, 6.07) is 7.25. The van der Waals surface area contributed by atoms with Gasteiger partial charge < -0.3 is 10.1 Å². The predicted molar refractivity (Wildman–Crippen MR) is 99.9 cm³/mol. The fraction of sp³-hybridized carbons (Fsp3) is 0.500. The Labute approximate surface area is 155 Å². The molecule has 0 aliphatic carbocycles. The molecule has 1 fully saturated rings. The van der Waals surface area contributed by atoms with Crippen LogP contribution in [0.4, 0.5) is 0 Å². The molecule has 1 saturated heterocycles. The zero-order valence-corrected chi connectivity index (χ0v) is 16.5. The van der Waals surface area contributed by atoms with Crippen molar-refractivity contribution in [3.63, 3.8) is 0 Å². The molecule has 26 heavy (non-hydrogen) atoms. The molecule has 2 heterocycles. The highest BCUT2D eigenvalue weighted by atomic mass is 32.2. The number of aromatic nitrogens is 2. The number of sulfonamides is 1. The fourth-order valence-electron chi connectivity index (χ4n) is 3.66. The summed E-state index contributed by atoms with van der Waals surface area (Å²) in [6.45, 7) is 7.73. The van der Waals surface area contributed by atoms with Gasteiger partial charge in [0.25, 0.3) is 0 Å². The van der Waals surface area contributed by atoms with Crippen molar-refractivity contribution in [3.05, 3.63) is 41.2 Å². The Hall–Kier alpha value is -1.90. The molecule has 1 unspecified atom stereocenters. The molecule has 0 amide bonds. The fourth-order valence-corrected chi connectivity index (χ4v) is 5.64. The lowest BCUT2D eigenvalue weighted by Crippen LogP contribution is -2.48. The van der Waals surface area contributed by atoms with Crippen LogP contribution in [0.15, 0.2) is 29.2 Å². The number of nitrogens with one attached hydrogen (secondary N) is 1. The minimum Gasteiger partial charge on any atom is -0.496 e. The Bertz CT molecular complexity index is 892. The monoisotopic (exact) mass is 378 g/mol. The first-order valence-electron chi connectivity index (χ1n) is 8.81. The van der Waals surface area contributed by atoms with Crippen LogP contribution in [0.25, 0.3) is 0 Å². The van der Waals surface area contributed by atoms with Crippen molar-refractivity contribution in [3.8, 4) is 5.75 Å². The molecule has 3 rings (SSSR count). The molecule has 0 bridgehead atoms. The number of benzene rings is 1. The second-order valence-electron chi connectivity index (χ2n) is 6.39. The summed E-state index contributed by atoms with van der Waals surface area (Å²) in [5, 5.41) is 7.69. The maximum Gasteiger partial charge on any atom is 0.247 e.